The molecule has 0 fully saturated rings. The second-order valence-electron chi connectivity index (χ2n) is 4.19. The molecular formula is C14H10Br2Cl3NO. The summed E-state index contributed by atoms with van der Waals surface area (Å²) in [4.78, 5) is 0. The van der Waals surface area contributed by atoms with E-state index in [0.29, 0.717) is 27.3 Å². The fourth-order valence-corrected chi connectivity index (χ4v) is 4.37. The van der Waals surface area contributed by atoms with E-state index in [4.69, 9.17) is 39.5 Å². The molecule has 2 aromatic carbocycles. The molecule has 2 aromatic rings. The minimum Gasteiger partial charge on any atom is -0.494 e. The Kier molecular flexibility index (Phi) is 6.09. The molecule has 0 saturated heterocycles. The third-order valence-electron chi connectivity index (χ3n) is 2.74. The van der Waals surface area contributed by atoms with Gasteiger partial charge in [0, 0.05) is 11.6 Å². The van der Waals surface area contributed by atoms with E-state index in [1.165, 1.54) is 0 Å². The average molecular weight is 474 g/mol. The van der Waals surface area contributed by atoms with Crippen molar-refractivity contribution >= 4 is 72.4 Å². The molecule has 0 aliphatic rings. The van der Waals surface area contributed by atoms with E-state index < -0.39 is 0 Å². The standard InChI is InChI=1S/C14H10Br2Cl3NO/c1-21-14-9(15)2-7(3-10(14)16)6-20-13-11(18)4-8(17)5-12(13)19/h2-5,20H,6H2,1H3. The van der Waals surface area contributed by atoms with E-state index in [9.17, 15) is 0 Å². The highest BCUT2D eigenvalue weighted by atomic mass is 79.9. The van der Waals surface area contributed by atoms with Gasteiger partial charge >= 0.3 is 0 Å². The lowest BCUT2D eigenvalue weighted by atomic mass is 10.2. The number of halogens is 5. The number of methoxy groups -OCH3 is 1. The Balaban J connectivity index is 2.21. The quantitative estimate of drug-likeness (QED) is 0.527. The SMILES string of the molecule is COc1c(Br)cc(CNc2c(Cl)cc(Cl)cc2Cl)cc1Br. The maximum absolute atomic E-state index is 6.14. The van der Waals surface area contributed by atoms with E-state index in [0.717, 1.165) is 20.3 Å². The topological polar surface area (TPSA) is 21.3 Å². The Hall–Kier alpha value is -0.130. The van der Waals surface area contributed by atoms with Gasteiger partial charge in [0.2, 0.25) is 0 Å². The zero-order valence-electron chi connectivity index (χ0n) is 10.8. The van der Waals surface area contributed by atoms with Gasteiger partial charge in [-0.25, -0.2) is 0 Å². The van der Waals surface area contributed by atoms with Crippen LogP contribution < -0.4 is 10.1 Å². The van der Waals surface area contributed by atoms with Crippen LogP contribution in [-0.2, 0) is 6.54 Å². The van der Waals surface area contributed by atoms with Crippen molar-refractivity contribution in [1.82, 2.24) is 0 Å². The molecule has 2 nitrogen and oxygen atoms in total. The molecule has 1 N–H and O–H groups in total. The Labute approximate surface area is 155 Å². The first kappa shape index (κ1) is 17.2. The van der Waals surface area contributed by atoms with Crippen molar-refractivity contribution in [3.05, 3.63) is 53.8 Å². The van der Waals surface area contributed by atoms with E-state index in [-0.39, 0.29) is 0 Å². The molecular weight excluding hydrogens is 464 g/mol. The van der Waals surface area contributed by atoms with Crippen LogP contribution >= 0.6 is 66.7 Å². The minimum atomic E-state index is 0.485. The van der Waals surface area contributed by atoms with Crippen LogP contribution in [0, 0.1) is 0 Å². The van der Waals surface area contributed by atoms with Crippen LogP contribution in [0.25, 0.3) is 0 Å². The van der Waals surface area contributed by atoms with E-state index in [1.807, 2.05) is 12.1 Å². The third-order valence-corrected chi connectivity index (χ3v) is 4.73. The van der Waals surface area contributed by atoms with Crippen molar-refractivity contribution in [2.24, 2.45) is 0 Å². The minimum absolute atomic E-state index is 0.485. The molecule has 2 rings (SSSR count). The van der Waals surface area contributed by atoms with Gasteiger partial charge in [-0.3, -0.25) is 0 Å². The van der Waals surface area contributed by atoms with E-state index in [1.54, 1.807) is 19.2 Å². The number of benzene rings is 2. The van der Waals surface area contributed by atoms with Crippen LogP contribution in [0.4, 0.5) is 5.69 Å². The summed E-state index contributed by atoms with van der Waals surface area (Å²) < 4.78 is 7.00. The molecule has 0 bridgehead atoms. The fourth-order valence-electron chi connectivity index (χ4n) is 1.81. The molecule has 0 saturated carbocycles. The predicted molar refractivity (Wildman–Crippen MR) is 97.2 cm³/mol. The second-order valence-corrected chi connectivity index (χ2v) is 7.15. The van der Waals surface area contributed by atoms with Crippen LogP contribution in [0.3, 0.4) is 0 Å². The van der Waals surface area contributed by atoms with Crippen LogP contribution in [0.1, 0.15) is 5.56 Å². The smallest absolute Gasteiger partial charge is 0.147 e. The summed E-state index contributed by atoms with van der Waals surface area (Å²) in [5.41, 5.74) is 1.70. The number of ether oxygens (including phenoxy) is 1. The van der Waals surface area contributed by atoms with Crippen molar-refractivity contribution in [2.75, 3.05) is 12.4 Å². The highest BCUT2D eigenvalue weighted by Gasteiger charge is 2.10. The molecule has 112 valence electrons. The summed E-state index contributed by atoms with van der Waals surface area (Å²) in [6.45, 7) is 0.558. The summed E-state index contributed by atoms with van der Waals surface area (Å²) in [6.07, 6.45) is 0. The van der Waals surface area contributed by atoms with Crippen molar-refractivity contribution in [3.63, 3.8) is 0 Å². The summed E-state index contributed by atoms with van der Waals surface area (Å²) in [5.74, 6) is 0.751. The lowest BCUT2D eigenvalue weighted by Crippen LogP contribution is -2.01. The number of rotatable bonds is 4. The lowest BCUT2D eigenvalue weighted by molar-refractivity contribution is 0.409. The normalized spacial score (nSPS) is 10.6. The second kappa shape index (κ2) is 7.42. The first-order valence-electron chi connectivity index (χ1n) is 5.82. The van der Waals surface area contributed by atoms with Crippen LogP contribution in [-0.4, -0.2) is 7.11 Å². The molecule has 0 heterocycles. The van der Waals surface area contributed by atoms with Gasteiger partial charge in [0.25, 0.3) is 0 Å². The highest BCUT2D eigenvalue weighted by molar-refractivity contribution is 9.11. The average Bonchev–Trinajstić information content (AvgIpc) is 2.37. The first-order chi connectivity index (χ1) is 9.92. The van der Waals surface area contributed by atoms with Gasteiger partial charge in [-0.2, -0.15) is 0 Å². The van der Waals surface area contributed by atoms with Gasteiger partial charge in [-0.05, 0) is 61.7 Å². The summed E-state index contributed by atoms with van der Waals surface area (Å²) in [7, 11) is 1.62. The van der Waals surface area contributed by atoms with E-state index in [2.05, 4.69) is 37.2 Å². The van der Waals surface area contributed by atoms with E-state index >= 15 is 0 Å². The monoisotopic (exact) mass is 471 g/mol. The van der Waals surface area contributed by atoms with Crippen molar-refractivity contribution in [3.8, 4) is 5.75 Å². The van der Waals surface area contributed by atoms with Gasteiger partial charge in [0.1, 0.15) is 5.75 Å². The zero-order chi connectivity index (χ0) is 15.6. The van der Waals surface area contributed by atoms with Crippen LogP contribution in [0.5, 0.6) is 5.75 Å². The Morgan fingerprint density at radius 3 is 2.00 bits per heavy atom. The fraction of sp³-hybridized carbons (Fsp3) is 0.143. The van der Waals surface area contributed by atoms with Crippen molar-refractivity contribution in [2.45, 2.75) is 6.54 Å². The Morgan fingerprint density at radius 1 is 1.00 bits per heavy atom. The molecule has 0 spiro atoms. The maximum atomic E-state index is 6.14. The summed E-state index contributed by atoms with van der Waals surface area (Å²) in [5, 5.41) is 4.69. The number of anilines is 1. The Morgan fingerprint density at radius 2 is 1.52 bits per heavy atom. The molecule has 7 heteroatoms. The summed E-state index contributed by atoms with van der Waals surface area (Å²) in [6, 6.07) is 7.23. The molecule has 21 heavy (non-hydrogen) atoms. The molecule has 0 aliphatic carbocycles. The predicted octanol–water partition coefficient (Wildman–Crippen LogP) is 6.79. The lowest BCUT2D eigenvalue weighted by Gasteiger charge is -2.13. The number of hydrogen-bond acceptors (Lipinski definition) is 2. The van der Waals surface area contributed by atoms with Gasteiger partial charge in [-0.1, -0.05) is 34.8 Å². The van der Waals surface area contributed by atoms with Gasteiger partial charge in [-0.15, -0.1) is 0 Å². The summed E-state index contributed by atoms with van der Waals surface area (Å²) >= 11 is 25.1. The van der Waals surface area contributed by atoms with Gasteiger partial charge in [0.15, 0.2) is 0 Å². The Bertz CT molecular complexity index is 633. The zero-order valence-corrected chi connectivity index (χ0v) is 16.3. The largest absolute Gasteiger partial charge is 0.494 e. The molecule has 0 atom stereocenters. The maximum Gasteiger partial charge on any atom is 0.147 e. The van der Waals surface area contributed by atoms with Crippen molar-refractivity contribution < 1.29 is 4.74 Å². The first-order valence-corrected chi connectivity index (χ1v) is 8.54. The van der Waals surface area contributed by atoms with Crippen LogP contribution in [0.15, 0.2) is 33.2 Å². The molecule has 0 aromatic heterocycles. The number of hydrogen-bond donors (Lipinski definition) is 1. The van der Waals surface area contributed by atoms with Gasteiger partial charge in [0.05, 0.1) is 31.8 Å². The molecule has 0 aliphatic heterocycles. The van der Waals surface area contributed by atoms with Crippen molar-refractivity contribution in [1.29, 1.82) is 0 Å². The highest BCUT2D eigenvalue weighted by Crippen LogP contribution is 2.36. The molecule has 0 amide bonds. The van der Waals surface area contributed by atoms with Gasteiger partial charge < -0.3 is 10.1 Å². The molecule has 0 radical (unpaired) electrons. The van der Waals surface area contributed by atoms with Crippen LogP contribution in [0.2, 0.25) is 15.1 Å². The third kappa shape index (κ3) is 4.20. The molecule has 0 unspecified atom stereocenters. The number of nitrogens with one attached hydrogen (secondary N) is 1.